The molecule has 0 bridgehead atoms. The van der Waals surface area contributed by atoms with Gasteiger partial charge in [0.25, 0.3) is 5.91 Å². The van der Waals surface area contributed by atoms with Gasteiger partial charge in [0.2, 0.25) is 11.6 Å². The largest absolute Gasteiger partial charge is 0.494 e. The molecule has 0 unspecified atom stereocenters. The number of benzene rings is 2. The smallest absolute Gasteiger partial charge is 0.417 e. The van der Waals surface area contributed by atoms with Gasteiger partial charge in [-0.3, -0.25) is 4.79 Å². The van der Waals surface area contributed by atoms with Crippen LogP contribution in [0, 0.1) is 0 Å². The van der Waals surface area contributed by atoms with Crippen LogP contribution in [0.5, 0.6) is 5.75 Å². The van der Waals surface area contributed by atoms with Crippen LogP contribution in [0.3, 0.4) is 0 Å². The zero-order valence-corrected chi connectivity index (χ0v) is 18.0. The number of alkyl halides is 3. The Morgan fingerprint density at radius 1 is 1.20 bits per heavy atom. The first-order valence-electron chi connectivity index (χ1n) is 10.1. The Bertz CT molecular complexity index is 1360. The predicted octanol–water partition coefficient (Wildman–Crippen LogP) is 3.08. The van der Waals surface area contributed by atoms with E-state index in [1.54, 1.807) is 24.3 Å². The average Bonchev–Trinajstić information content (AvgIpc) is 3.45. The summed E-state index contributed by atoms with van der Waals surface area (Å²) in [6, 6.07) is 11.5. The van der Waals surface area contributed by atoms with Crippen LogP contribution in [0.4, 0.5) is 19.0 Å². The van der Waals surface area contributed by atoms with Crippen LogP contribution in [0.2, 0.25) is 0 Å². The van der Waals surface area contributed by atoms with Crippen molar-refractivity contribution in [1.82, 2.24) is 30.7 Å². The third-order valence-electron chi connectivity index (χ3n) is 4.66. The van der Waals surface area contributed by atoms with Gasteiger partial charge in [-0.25, -0.2) is 10.1 Å². The molecule has 14 heteroatoms. The van der Waals surface area contributed by atoms with Gasteiger partial charge in [0.1, 0.15) is 11.4 Å². The van der Waals surface area contributed by atoms with E-state index in [4.69, 9.17) is 10.5 Å². The molecule has 0 spiro atoms. The van der Waals surface area contributed by atoms with E-state index >= 15 is 0 Å². The Labute approximate surface area is 195 Å². The van der Waals surface area contributed by atoms with Crippen molar-refractivity contribution in [3.05, 3.63) is 65.4 Å². The van der Waals surface area contributed by atoms with Gasteiger partial charge in [-0.1, -0.05) is 23.4 Å². The zero-order chi connectivity index (χ0) is 25.0. The van der Waals surface area contributed by atoms with Gasteiger partial charge < -0.3 is 10.5 Å². The number of carbonyl (C=O) groups excluding carboxylic acids is 1. The first kappa shape index (κ1) is 23.4. The van der Waals surface area contributed by atoms with Crippen molar-refractivity contribution < 1.29 is 27.3 Å². The van der Waals surface area contributed by atoms with E-state index in [-0.39, 0.29) is 28.6 Å². The molecule has 2 heterocycles. The predicted molar refractivity (Wildman–Crippen MR) is 117 cm³/mol. The summed E-state index contributed by atoms with van der Waals surface area (Å²) in [4.78, 5) is 12.9. The lowest BCUT2D eigenvalue weighted by Crippen LogP contribution is -2.20. The average molecular weight is 486 g/mol. The summed E-state index contributed by atoms with van der Waals surface area (Å²) in [6.07, 6.45) is -3.69. The molecule has 180 valence electrons. The summed E-state index contributed by atoms with van der Waals surface area (Å²) >= 11 is 0. The van der Waals surface area contributed by atoms with Crippen LogP contribution < -0.4 is 15.9 Å². The molecular formula is C21H17F3N8O3. The minimum Gasteiger partial charge on any atom is -0.494 e. The summed E-state index contributed by atoms with van der Waals surface area (Å²) in [5.74, 6) is -0.355. The number of aromatic nitrogens is 5. The van der Waals surface area contributed by atoms with Crippen molar-refractivity contribution in [2.24, 2.45) is 5.10 Å². The van der Waals surface area contributed by atoms with Crippen LogP contribution in [-0.4, -0.2) is 44.0 Å². The number of nitrogen functional groups attached to an aromatic ring is 1. The second-order valence-corrected chi connectivity index (χ2v) is 6.91. The quantitative estimate of drug-likeness (QED) is 0.299. The second kappa shape index (κ2) is 9.62. The van der Waals surface area contributed by atoms with E-state index in [0.29, 0.717) is 17.9 Å². The van der Waals surface area contributed by atoms with Crippen molar-refractivity contribution in [3.63, 3.8) is 0 Å². The van der Waals surface area contributed by atoms with Gasteiger partial charge in [-0.2, -0.15) is 23.0 Å². The molecule has 4 aromatic rings. The van der Waals surface area contributed by atoms with Gasteiger partial charge in [-0.15, -0.1) is 5.10 Å². The topological polar surface area (TPSA) is 146 Å². The fourth-order valence-electron chi connectivity index (χ4n) is 3.14. The zero-order valence-electron chi connectivity index (χ0n) is 18.0. The van der Waals surface area contributed by atoms with Gasteiger partial charge in [0, 0.05) is 11.1 Å². The summed E-state index contributed by atoms with van der Waals surface area (Å²) in [7, 11) is 0. The van der Waals surface area contributed by atoms with Crippen LogP contribution in [0.1, 0.15) is 28.5 Å². The highest BCUT2D eigenvalue weighted by Gasteiger charge is 2.32. The fraction of sp³-hybridized carbons (Fsp3) is 0.143. The van der Waals surface area contributed by atoms with Crippen LogP contribution in [0.15, 0.2) is 58.3 Å². The number of halogens is 3. The maximum atomic E-state index is 13.2. The molecule has 1 amide bonds. The molecule has 0 aliphatic heterocycles. The van der Waals surface area contributed by atoms with E-state index < -0.39 is 17.6 Å². The summed E-state index contributed by atoms with van der Waals surface area (Å²) in [5, 5.41) is 18.6. The lowest BCUT2D eigenvalue weighted by atomic mass is 10.1. The normalized spacial score (nSPS) is 11.7. The molecule has 0 saturated carbocycles. The molecule has 0 saturated heterocycles. The first-order chi connectivity index (χ1) is 16.8. The monoisotopic (exact) mass is 486 g/mol. The molecule has 11 nitrogen and oxygen atoms in total. The Morgan fingerprint density at radius 2 is 1.94 bits per heavy atom. The van der Waals surface area contributed by atoms with Gasteiger partial charge in [0.05, 0.1) is 18.4 Å². The molecule has 0 aliphatic rings. The number of rotatable bonds is 7. The highest BCUT2D eigenvalue weighted by Crippen LogP contribution is 2.31. The lowest BCUT2D eigenvalue weighted by Gasteiger charge is -2.09. The molecule has 0 aliphatic carbocycles. The van der Waals surface area contributed by atoms with Gasteiger partial charge in [0.15, 0.2) is 5.69 Å². The number of carbonyl (C=O) groups is 1. The summed E-state index contributed by atoms with van der Waals surface area (Å²) in [6.45, 7) is 2.30. The highest BCUT2D eigenvalue weighted by atomic mass is 19.4. The van der Waals surface area contributed by atoms with Crippen molar-refractivity contribution in [1.29, 1.82) is 0 Å². The van der Waals surface area contributed by atoms with Crippen LogP contribution in [0.25, 0.3) is 17.1 Å². The van der Waals surface area contributed by atoms with Crippen molar-refractivity contribution >= 4 is 17.9 Å². The molecule has 35 heavy (non-hydrogen) atoms. The number of ether oxygens (including phenoxy) is 1. The Balaban J connectivity index is 1.67. The molecule has 0 fully saturated rings. The Kier molecular flexibility index (Phi) is 6.44. The minimum absolute atomic E-state index is 0.0111. The van der Waals surface area contributed by atoms with E-state index in [1.165, 1.54) is 18.2 Å². The number of hydrogen-bond donors (Lipinski definition) is 2. The van der Waals surface area contributed by atoms with E-state index in [9.17, 15) is 18.0 Å². The third-order valence-corrected chi connectivity index (χ3v) is 4.66. The van der Waals surface area contributed by atoms with Crippen LogP contribution in [-0.2, 0) is 6.18 Å². The number of hydrogen-bond acceptors (Lipinski definition) is 9. The highest BCUT2D eigenvalue weighted by molar-refractivity contribution is 5.99. The van der Waals surface area contributed by atoms with Crippen LogP contribution >= 0.6 is 0 Å². The summed E-state index contributed by atoms with van der Waals surface area (Å²) in [5.41, 5.74) is 7.28. The van der Waals surface area contributed by atoms with Crippen molar-refractivity contribution in [2.45, 2.75) is 13.1 Å². The number of nitrogens with zero attached hydrogens (tertiary/aromatic N) is 6. The van der Waals surface area contributed by atoms with E-state index in [1.807, 2.05) is 6.92 Å². The van der Waals surface area contributed by atoms with Gasteiger partial charge >= 0.3 is 6.18 Å². The fourth-order valence-corrected chi connectivity index (χ4v) is 3.14. The molecule has 3 N–H and O–H groups in total. The van der Waals surface area contributed by atoms with Crippen molar-refractivity contribution in [2.75, 3.05) is 12.3 Å². The number of nitrogens with one attached hydrogen (secondary N) is 1. The molecule has 2 aromatic heterocycles. The minimum atomic E-state index is -4.58. The maximum Gasteiger partial charge on any atom is 0.417 e. The number of nitrogens with two attached hydrogens (primary N) is 1. The second-order valence-electron chi connectivity index (χ2n) is 6.91. The Morgan fingerprint density at radius 3 is 2.60 bits per heavy atom. The lowest BCUT2D eigenvalue weighted by molar-refractivity contribution is -0.137. The number of amides is 1. The standard InChI is InChI=1S/C21H17F3N8O3/c1-2-34-14-9-7-12(8-10-14)17-16(27-31-32(17)19-18(25)29-35-30-19)20(33)28-26-11-13-5-3-4-6-15(13)21(22,23)24/h3-11H,2H2,1H3,(H2,25,29)(H,28,33)/b26-11+. The van der Waals surface area contributed by atoms with Gasteiger partial charge in [-0.05, 0) is 47.6 Å². The van der Waals surface area contributed by atoms with Crippen molar-refractivity contribution in [3.8, 4) is 22.8 Å². The van der Waals surface area contributed by atoms with E-state index in [0.717, 1.165) is 17.0 Å². The molecule has 0 radical (unpaired) electrons. The number of anilines is 1. The molecule has 4 rings (SSSR count). The van der Waals surface area contributed by atoms with E-state index in [2.05, 4.69) is 35.8 Å². The molecule has 2 aromatic carbocycles. The molecular weight excluding hydrogens is 469 g/mol. The number of hydrazone groups is 1. The summed E-state index contributed by atoms with van der Waals surface area (Å²) < 4.78 is 50.7. The molecule has 0 atom stereocenters. The first-order valence-corrected chi connectivity index (χ1v) is 10.1. The third kappa shape index (κ3) is 4.95. The SMILES string of the molecule is CCOc1ccc(-c2c(C(=O)N/N=C/c3ccccc3C(F)(F)F)nnn2-c2nonc2N)cc1. The maximum absolute atomic E-state index is 13.2. The Hall–Kier alpha value is -4.75.